The first-order chi connectivity index (χ1) is 8.36. The lowest BCUT2D eigenvalue weighted by Gasteiger charge is -2.25. The largest absolute Gasteiger partial charge is 0.363 e. The predicted molar refractivity (Wildman–Crippen MR) is 65.1 cm³/mol. The number of halogens is 2. The molecule has 0 bridgehead atoms. The smallest absolute Gasteiger partial charge is 0.255 e. The van der Waals surface area contributed by atoms with Gasteiger partial charge in [-0.2, -0.15) is 0 Å². The first kappa shape index (κ1) is 14.8. The van der Waals surface area contributed by atoms with Crippen molar-refractivity contribution in [2.75, 3.05) is 24.5 Å². The molecule has 0 atom stereocenters. The lowest BCUT2D eigenvalue weighted by Crippen LogP contribution is -2.35. The Kier molecular flexibility index (Phi) is 5.00. The summed E-state index contributed by atoms with van der Waals surface area (Å²) < 4.78 is 47.7. The molecule has 0 aromatic heterocycles. The summed E-state index contributed by atoms with van der Waals surface area (Å²) in [5.74, 6) is 0. The Morgan fingerprint density at radius 3 is 2.39 bits per heavy atom. The van der Waals surface area contributed by atoms with Crippen LogP contribution in [0.5, 0.6) is 0 Å². The van der Waals surface area contributed by atoms with Crippen molar-refractivity contribution in [1.82, 2.24) is 0 Å². The van der Waals surface area contributed by atoms with E-state index in [0.29, 0.717) is 0 Å². The molecule has 0 saturated heterocycles. The van der Waals surface area contributed by atoms with E-state index < -0.39 is 23.0 Å². The van der Waals surface area contributed by atoms with Gasteiger partial charge in [0.05, 0.1) is 12.2 Å². The Morgan fingerprint density at radius 1 is 1.28 bits per heavy atom. The number of benzene rings is 1. The second-order valence-corrected chi connectivity index (χ2v) is 5.17. The van der Waals surface area contributed by atoms with E-state index in [1.807, 2.05) is 0 Å². The minimum Gasteiger partial charge on any atom is -0.363 e. The molecule has 0 aliphatic heterocycles. The van der Waals surface area contributed by atoms with Crippen LogP contribution in [-0.4, -0.2) is 34.5 Å². The minimum absolute atomic E-state index is 0.122. The number of sulfonamides is 1. The van der Waals surface area contributed by atoms with Gasteiger partial charge in [-0.15, -0.1) is 0 Å². The maximum atomic E-state index is 12.5. The second kappa shape index (κ2) is 6.07. The van der Waals surface area contributed by atoms with Crippen molar-refractivity contribution < 1.29 is 17.2 Å². The number of primary sulfonamides is 1. The van der Waals surface area contributed by atoms with Gasteiger partial charge in [-0.1, -0.05) is 12.1 Å². The molecule has 0 heterocycles. The average molecular weight is 279 g/mol. The average Bonchev–Trinajstić information content (AvgIpc) is 2.27. The van der Waals surface area contributed by atoms with Crippen LogP contribution in [0.25, 0.3) is 0 Å². The SMILES string of the molecule is NCCN(CC(F)F)c1ccccc1S(N)(=O)=O. The standard InChI is InChI=1S/C10H15F2N3O2S/c11-10(12)7-15(6-5-13)8-3-1-2-4-9(8)18(14,16)17/h1-4,10H,5-7,13H2,(H2,14,16,17). The number of alkyl halides is 2. The van der Waals surface area contributed by atoms with Gasteiger partial charge in [0, 0.05) is 13.1 Å². The number of anilines is 1. The molecule has 8 heteroatoms. The number of hydrogen-bond donors (Lipinski definition) is 2. The van der Waals surface area contributed by atoms with Crippen LogP contribution in [0.3, 0.4) is 0 Å². The zero-order chi connectivity index (χ0) is 13.8. The van der Waals surface area contributed by atoms with Gasteiger partial charge in [0.1, 0.15) is 4.90 Å². The van der Waals surface area contributed by atoms with Crippen molar-refractivity contribution in [3.8, 4) is 0 Å². The summed E-state index contributed by atoms with van der Waals surface area (Å²) in [6.07, 6.45) is -2.59. The van der Waals surface area contributed by atoms with E-state index in [-0.39, 0.29) is 23.7 Å². The molecule has 0 fully saturated rings. The third kappa shape index (κ3) is 3.90. The number of para-hydroxylation sites is 1. The Morgan fingerprint density at radius 2 is 1.89 bits per heavy atom. The summed E-state index contributed by atoms with van der Waals surface area (Å²) in [5.41, 5.74) is 5.48. The molecule has 5 nitrogen and oxygen atoms in total. The van der Waals surface area contributed by atoms with Crippen LogP contribution in [0, 0.1) is 0 Å². The summed E-state index contributed by atoms with van der Waals surface area (Å²) >= 11 is 0. The molecular weight excluding hydrogens is 264 g/mol. The van der Waals surface area contributed by atoms with Crippen molar-refractivity contribution >= 4 is 15.7 Å². The van der Waals surface area contributed by atoms with E-state index >= 15 is 0 Å². The predicted octanol–water partition coefficient (Wildman–Crippen LogP) is 0.364. The Hall–Kier alpha value is -1.25. The number of rotatable bonds is 6. The van der Waals surface area contributed by atoms with Gasteiger partial charge in [0.2, 0.25) is 10.0 Å². The fourth-order valence-corrected chi connectivity index (χ4v) is 2.35. The van der Waals surface area contributed by atoms with Gasteiger partial charge in [0.15, 0.2) is 0 Å². The van der Waals surface area contributed by atoms with E-state index in [9.17, 15) is 17.2 Å². The van der Waals surface area contributed by atoms with Crippen LogP contribution >= 0.6 is 0 Å². The minimum atomic E-state index is -3.96. The highest BCUT2D eigenvalue weighted by atomic mass is 32.2. The normalized spacial score (nSPS) is 11.8. The molecule has 0 unspecified atom stereocenters. The van der Waals surface area contributed by atoms with Crippen LogP contribution in [0.4, 0.5) is 14.5 Å². The van der Waals surface area contributed by atoms with E-state index in [1.165, 1.54) is 23.1 Å². The van der Waals surface area contributed by atoms with Crippen LogP contribution in [-0.2, 0) is 10.0 Å². The van der Waals surface area contributed by atoms with Gasteiger partial charge in [0.25, 0.3) is 6.43 Å². The van der Waals surface area contributed by atoms with E-state index in [0.717, 1.165) is 0 Å². The number of nitrogens with zero attached hydrogens (tertiary/aromatic N) is 1. The maximum absolute atomic E-state index is 12.5. The Labute approximate surface area is 104 Å². The van der Waals surface area contributed by atoms with Gasteiger partial charge in [-0.3, -0.25) is 0 Å². The van der Waals surface area contributed by atoms with Crippen LogP contribution < -0.4 is 15.8 Å². The molecular formula is C10H15F2N3O2S. The topological polar surface area (TPSA) is 89.4 Å². The van der Waals surface area contributed by atoms with Crippen LogP contribution in [0.2, 0.25) is 0 Å². The highest BCUT2D eigenvalue weighted by Gasteiger charge is 2.20. The summed E-state index contributed by atoms with van der Waals surface area (Å²) in [6.45, 7) is -0.341. The molecule has 18 heavy (non-hydrogen) atoms. The van der Waals surface area contributed by atoms with Gasteiger partial charge in [-0.25, -0.2) is 22.3 Å². The van der Waals surface area contributed by atoms with E-state index in [2.05, 4.69) is 0 Å². The zero-order valence-electron chi connectivity index (χ0n) is 9.59. The first-order valence-corrected chi connectivity index (χ1v) is 6.76. The Balaban J connectivity index is 3.19. The molecule has 1 aromatic carbocycles. The maximum Gasteiger partial charge on any atom is 0.255 e. The van der Waals surface area contributed by atoms with Crippen molar-refractivity contribution in [2.45, 2.75) is 11.3 Å². The summed E-state index contributed by atoms with van der Waals surface area (Å²) in [5, 5.41) is 5.05. The molecule has 0 aliphatic rings. The van der Waals surface area contributed by atoms with Crippen molar-refractivity contribution in [2.24, 2.45) is 10.9 Å². The summed E-state index contributed by atoms with van der Waals surface area (Å²) in [4.78, 5) is 1.03. The van der Waals surface area contributed by atoms with Crippen LogP contribution in [0.15, 0.2) is 29.2 Å². The molecule has 0 amide bonds. The zero-order valence-corrected chi connectivity index (χ0v) is 10.4. The molecule has 102 valence electrons. The molecule has 0 spiro atoms. The lowest BCUT2D eigenvalue weighted by atomic mass is 10.3. The fraction of sp³-hybridized carbons (Fsp3) is 0.400. The second-order valence-electron chi connectivity index (χ2n) is 3.64. The highest BCUT2D eigenvalue weighted by molar-refractivity contribution is 7.89. The van der Waals surface area contributed by atoms with E-state index in [4.69, 9.17) is 10.9 Å². The monoisotopic (exact) mass is 279 g/mol. The van der Waals surface area contributed by atoms with Crippen LogP contribution in [0.1, 0.15) is 0 Å². The van der Waals surface area contributed by atoms with Crippen molar-refractivity contribution in [3.05, 3.63) is 24.3 Å². The van der Waals surface area contributed by atoms with E-state index in [1.54, 1.807) is 6.07 Å². The molecule has 1 aromatic rings. The molecule has 4 N–H and O–H groups in total. The number of hydrogen-bond acceptors (Lipinski definition) is 4. The van der Waals surface area contributed by atoms with Crippen molar-refractivity contribution in [1.29, 1.82) is 0 Å². The quantitative estimate of drug-likeness (QED) is 0.787. The third-order valence-corrected chi connectivity index (χ3v) is 3.23. The third-order valence-electron chi connectivity index (χ3n) is 2.27. The fourth-order valence-electron chi connectivity index (χ4n) is 1.59. The Bertz CT molecular complexity index is 494. The highest BCUT2D eigenvalue weighted by Crippen LogP contribution is 2.24. The lowest BCUT2D eigenvalue weighted by molar-refractivity contribution is 0.155. The molecule has 0 saturated carbocycles. The summed E-state index contributed by atoms with van der Waals surface area (Å²) in [7, 11) is -3.96. The van der Waals surface area contributed by atoms with Crippen molar-refractivity contribution in [3.63, 3.8) is 0 Å². The van der Waals surface area contributed by atoms with Gasteiger partial charge >= 0.3 is 0 Å². The first-order valence-electron chi connectivity index (χ1n) is 5.21. The van der Waals surface area contributed by atoms with Gasteiger partial charge < -0.3 is 10.6 Å². The number of nitrogens with two attached hydrogens (primary N) is 2. The molecule has 0 radical (unpaired) electrons. The molecule has 1 rings (SSSR count). The molecule has 0 aliphatic carbocycles. The van der Waals surface area contributed by atoms with Gasteiger partial charge in [-0.05, 0) is 12.1 Å². The summed E-state index contributed by atoms with van der Waals surface area (Å²) in [6, 6.07) is 5.74.